The van der Waals surface area contributed by atoms with Crippen LogP contribution < -0.4 is 4.90 Å². The number of hydrogen-bond acceptors (Lipinski definition) is 1. The van der Waals surface area contributed by atoms with Gasteiger partial charge in [0.15, 0.2) is 0 Å². The lowest BCUT2D eigenvalue weighted by atomic mass is 9.82. The van der Waals surface area contributed by atoms with E-state index in [1.807, 2.05) is 0 Å². The monoisotopic (exact) mass is 683 g/mol. The Labute approximate surface area is 312 Å². The number of aryl methyl sites for hydroxylation is 1. The molecule has 1 aliphatic heterocycles. The van der Waals surface area contributed by atoms with Gasteiger partial charge in [-0.2, -0.15) is 0 Å². The lowest BCUT2D eigenvalue weighted by molar-refractivity contribution is 0.737. The van der Waals surface area contributed by atoms with Gasteiger partial charge >= 0.3 is 0 Å². The van der Waals surface area contributed by atoms with Gasteiger partial charge in [-0.1, -0.05) is 121 Å². The fourth-order valence-corrected chi connectivity index (χ4v) is 10.4. The van der Waals surface area contributed by atoms with Crippen LogP contribution >= 0.6 is 0 Å². The van der Waals surface area contributed by atoms with E-state index in [1.54, 1.807) is 0 Å². The largest absolute Gasteiger partial charge is 0.333 e. The lowest BCUT2D eigenvalue weighted by Crippen LogP contribution is -2.21. The van der Waals surface area contributed by atoms with Gasteiger partial charge in [0.25, 0.3) is 0 Å². The second-order valence-corrected chi connectivity index (χ2v) is 15.8. The Balaban J connectivity index is 1.01. The first-order valence-electron chi connectivity index (χ1n) is 19.2. The van der Waals surface area contributed by atoms with E-state index in [4.69, 9.17) is 0 Å². The quantitative estimate of drug-likeness (QED) is 0.168. The molecule has 0 radical (unpaired) electrons. The van der Waals surface area contributed by atoms with E-state index in [0.717, 1.165) is 6.42 Å². The van der Waals surface area contributed by atoms with E-state index in [0.29, 0.717) is 0 Å². The average molecular weight is 684 g/mol. The molecule has 1 aliphatic carbocycles. The Morgan fingerprint density at radius 3 is 1.43 bits per heavy atom. The van der Waals surface area contributed by atoms with Crippen LogP contribution in [0.3, 0.4) is 0 Å². The third kappa shape index (κ3) is 3.83. The van der Waals surface area contributed by atoms with Crippen LogP contribution in [0.25, 0.3) is 98.2 Å². The van der Waals surface area contributed by atoms with Gasteiger partial charge in [-0.05, 0) is 165 Å². The molecule has 250 valence electrons. The first kappa shape index (κ1) is 28.8. The molecule has 1 unspecified atom stereocenters. The summed E-state index contributed by atoms with van der Waals surface area (Å²) in [4.78, 5) is 2.65. The molecule has 0 N–H and O–H groups in total. The van der Waals surface area contributed by atoms with Gasteiger partial charge in [0.05, 0.1) is 11.7 Å². The van der Waals surface area contributed by atoms with Gasteiger partial charge in [-0.3, -0.25) is 0 Å². The molecule has 1 atom stereocenters. The van der Waals surface area contributed by atoms with E-state index >= 15 is 0 Å². The van der Waals surface area contributed by atoms with E-state index in [2.05, 4.69) is 176 Å². The molecule has 0 bridgehead atoms. The zero-order valence-corrected chi connectivity index (χ0v) is 29.8. The van der Waals surface area contributed by atoms with Gasteiger partial charge in [0.1, 0.15) is 0 Å². The maximum Gasteiger partial charge on any atom is 0.0645 e. The van der Waals surface area contributed by atoms with Crippen LogP contribution in [-0.4, -0.2) is 0 Å². The van der Waals surface area contributed by atoms with Crippen molar-refractivity contribution in [1.82, 2.24) is 0 Å². The predicted molar refractivity (Wildman–Crippen MR) is 232 cm³/mol. The molecule has 2 aliphatic rings. The average Bonchev–Trinajstić information content (AvgIpc) is 3.55. The molecule has 0 fully saturated rings. The normalized spacial score (nSPS) is 15.3. The minimum absolute atomic E-state index is 0.202. The standard InChI is InChI=1S/C53H33N/c1-30-8-20-45(21-9-30)54-46-28-43(41-22-35-14-10-31-4-2-5-32-11-15-36(23-41)50(35)48(31)32)26-39-18-19-40-27-44(29-47(54)53(40)52(39)46)42-24-37-16-12-33-6-3-7-34-13-17-38(25-42)51(37)49(33)34/h2-28,47H,29H2,1H3. The summed E-state index contributed by atoms with van der Waals surface area (Å²) in [6.45, 7) is 2.18. The van der Waals surface area contributed by atoms with Crippen molar-refractivity contribution in [1.29, 1.82) is 0 Å². The highest BCUT2D eigenvalue weighted by Gasteiger charge is 2.37. The maximum absolute atomic E-state index is 2.65. The third-order valence-electron chi connectivity index (χ3n) is 12.8. The second kappa shape index (κ2) is 10.2. The Bertz CT molecular complexity index is 3290. The Morgan fingerprint density at radius 1 is 0.426 bits per heavy atom. The number of anilines is 2. The summed E-state index contributed by atoms with van der Waals surface area (Å²) < 4.78 is 0. The molecule has 0 aromatic heterocycles. The van der Waals surface area contributed by atoms with Gasteiger partial charge in [-0.15, -0.1) is 0 Å². The fraction of sp³-hybridized carbons (Fsp3) is 0.0566. The molecule has 11 aromatic carbocycles. The summed E-state index contributed by atoms with van der Waals surface area (Å²) in [5.41, 5.74) is 11.9. The highest BCUT2D eigenvalue weighted by Crippen LogP contribution is 2.56. The first-order valence-corrected chi connectivity index (χ1v) is 19.2. The number of nitrogens with zero attached hydrogens (tertiary/aromatic N) is 1. The molecule has 1 nitrogen and oxygen atoms in total. The van der Waals surface area contributed by atoms with Gasteiger partial charge in [0.2, 0.25) is 0 Å². The smallest absolute Gasteiger partial charge is 0.0645 e. The zero-order valence-electron chi connectivity index (χ0n) is 29.8. The topological polar surface area (TPSA) is 3.24 Å². The van der Waals surface area contributed by atoms with Crippen molar-refractivity contribution >= 4 is 98.4 Å². The molecule has 0 amide bonds. The summed E-state index contributed by atoms with van der Waals surface area (Å²) in [6.07, 6.45) is 3.42. The van der Waals surface area contributed by atoms with Crippen LogP contribution in [-0.2, 0) is 0 Å². The Kier molecular flexibility index (Phi) is 5.47. The molecular formula is C53H33N. The third-order valence-corrected chi connectivity index (χ3v) is 12.8. The van der Waals surface area contributed by atoms with Crippen LogP contribution in [0.15, 0.2) is 158 Å². The molecular weight excluding hydrogens is 651 g/mol. The summed E-state index contributed by atoms with van der Waals surface area (Å²) in [7, 11) is 0. The summed E-state index contributed by atoms with van der Waals surface area (Å²) in [5.74, 6) is 0. The number of rotatable bonds is 3. The molecule has 13 rings (SSSR count). The van der Waals surface area contributed by atoms with Crippen LogP contribution in [0.4, 0.5) is 11.4 Å². The SMILES string of the molecule is Cc1ccc(N2c3cc(-c4cc5ccc6cccc7ccc(c4)c5c67)cc4ccc5c(c34)C2CC(c2cc3ccc4cccc6ccc(c2)c3c46)=C5)cc1. The molecule has 11 aromatic rings. The van der Waals surface area contributed by atoms with Crippen LogP contribution in [0.2, 0.25) is 0 Å². The molecule has 1 heteroatoms. The van der Waals surface area contributed by atoms with Gasteiger partial charge in [-0.25, -0.2) is 0 Å². The van der Waals surface area contributed by atoms with Crippen molar-refractivity contribution in [2.45, 2.75) is 19.4 Å². The molecule has 1 heterocycles. The highest BCUT2D eigenvalue weighted by atomic mass is 15.2. The van der Waals surface area contributed by atoms with Crippen molar-refractivity contribution in [3.05, 3.63) is 180 Å². The lowest BCUT2D eigenvalue weighted by Gasteiger charge is -2.32. The van der Waals surface area contributed by atoms with Crippen LogP contribution in [0.5, 0.6) is 0 Å². The maximum atomic E-state index is 2.65. The Morgan fingerprint density at radius 2 is 0.870 bits per heavy atom. The van der Waals surface area contributed by atoms with E-state index in [1.165, 1.54) is 126 Å². The van der Waals surface area contributed by atoms with E-state index in [9.17, 15) is 0 Å². The number of benzene rings is 11. The summed E-state index contributed by atoms with van der Waals surface area (Å²) >= 11 is 0. The van der Waals surface area contributed by atoms with Crippen LogP contribution in [0.1, 0.15) is 34.7 Å². The van der Waals surface area contributed by atoms with Crippen molar-refractivity contribution < 1.29 is 0 Å². The van der Waals surface area contributed by atoms with E-state index < -0.39 is 0 Å². The number of hydrogen-bond donors (Lipinski definition) is 0. The van der Waals surface area contributed by atoms with Gasteiger partial charge < -0.3 is 4.90 Å². The van der Waals surface area contributed by atoms with Crippen LogP contribution in [0, 0.1) is 6.92 Å². The zero-order chi connectivity index (χ0) is 35.2. The fourth-order valence-electron chi connectivity index (χ4n) is 10.4. The highest BCUT2D eigenvalue weighted by molar-refractivity contribution is 6.25. The molecule has 0 saturated carbocycles. The van der Waals surface area contributed by atoms with E-state index in [-0.39, 0.29) is 6.04 Å². The summed E-state index contributed by atoms with van der Waals surface area (Å²) in [5, 5.41) is 18.7. The minimum Gasteiger partial charge on any atom is -0.333 e. The first-order chi connectivity index (χ1) is 26.6. The minimum atomic E-state index is 0.202. The van der Waals surface area contributed by atoms with Gasteiger partial charge in [0, 0.05) is 11.1 Å². The van der Waals surface area contributed by atoms with Crippen molar-refractivity contribution in [2.75, 3.05) is 4.90 Å². The van der Waals surface area contributed by atoms with Crippen molar-refractivity contribution in [2.24, 2.45) is 0 Å². The summed E-state index contributed by atoms with van der Waals surface area (Å²) in [6, 6.07) is 60.4. The van der Waals surface area contributed by atoms with Crippen molar-refractivity contribution in [3.8, 4) is 11.1 Å². The predicted octanol–water partition coefficient (Wildman–Crippen LogP) is 14.7. The molecule has 0 saturated heterocycles. The Hall–Kier alpha value is -6.70. The second-order valence-electron chi connectivity index (χ2n) is 15.8. The van der Waals surface area contributed by atoms with Crippen molar-refractivity contribution in [3.63, 3.8) is 0 Å². The molecule has 0 spiro atoms. The molecule has 54 heavy (non-hydrogen) atoms.